The zero-order chi connectivity index (χ0) is 15.0. The summed E-state index contributed by atoms with van der Waals surface area (Å²) < 4.78 is 17.9. The van der Waals surface area contributed by atoms with Crippen molar-refractivity contribution in [1.82, 2.24) is 0 Å². The van der Waals surface area contributed by atoms with Gasteiger partial charge in [0.25, 0.3) is 0 Å². The Morgan fingerprint density at radius 3 is 2.86 bits per heavy atom. The number of ether oxygens (including phenoxy) is 3. The summed E-state index contributed by atoms with van der Waals surface area (Å²) in [5.41, 5.74) is 1.73. The fourth-order valence-electron chi connectivity index (χ4n) is 5.05. The molecule has 0 aromatic rings. The van der Waals surface area contributed by atoms with Crippen molar-refractivity contribution in [2.45, 2.75) is 70.9 Å². The van der Waals surface area contributed by atoms with Gasteiger partial charge in [0.2, 0.25) is 5.79 Å². The predicted octanol–water partition coefficient (Wildman–Crippen LogP) is 2.96. The fourth-order valence-corrected chi connectivity index (χ4v) is 5.05. The van der Waals surface area contributed by atoms with Gasteiger partial charge in [-0.3, -0.25) is 0 Å². The van der Waals surface area contributed by atoms with E-state index in [0.717, 1.165) is 24.0 Å². The molecule has 1 saturated heterocycles. The van der Waals surface area contributed by atoms with Gasteiger partial charge in [-0.2, -0.15) is 0 Å². The van der Waals surface area contributed by atoms with Gasteiger partial charge in [0.15, 0.2) is 0 Å². The topological polar surface area (TPSA) is 48.1 Å². The minimum atomic E-state index is -0.860. The minimum absolute atomic E-state index is 0.0844. The van der Waals surface area contributed by atoms with Gasteiger partial charge < -0.3 is 14.2 Å². The van der Waals surface area contributed by atoms with E-state index < -0.39 is 5.79 Å². The van der Waals surface area contributed by atoms with Gasteiger partial charge in [0.05, 0.1) is 6.10 Å². The van der Waals surface area contributed by atoms with E-state index in [1.54, 1.807) is 0 Å². The first-order valence-electron chi connectivity index (χ1n) is 8.14. The number of carbonyl (C=O) groups excluding carboxylic acids is 1. The van der Waals surface area contributed by atoms with Crippen LogP contribution in [-0.4, -0.2) is 30.1 Å². The van der Waals surface area contributed by atoms with E-state index in [4.69, 9.17) is 14.2 Å². The monoisotopic (exact) mass is 292 g/mol. The zero-order valence-corrected chi connectivity index (χ0v) is 13.3. The second-order valence-electron chi connectivity index (χ2n) is 7.42. The first-order chi connectivity index (χ1) is 9.88. The first-order valence-corrected chi connectivity index (χ1v) is 8.14. The van der Waals surface area contributed by atoms with Gasteiger partial charge in [-0.05, 0) is 39.0 Å². The van der Waals surface area contributed by atoms with E-state index in [9.17, 15) is 4.79 Å². The van der Waals surface area contributed by atoms with Gasteiger partial charge in [-0.25, -0.2) is 4.79 Å². The van der Waals surface area contributed by atoms with Crippen molar-refractivity contribution in [1.29, 1.82) is 0 Å². The summed E-state index contributed by atoms with van der Waals surface area (Å²) in [7, 11) is 0. The summed E-state index contributed by atoms with van der Waals surface area (Å²) in [6, 6.07) is 0. The molecule has 4 aliphatic rings. The van der Waals surface area contributed by atoms with Gasteiger partial charge in [-0.1, -0.05) is 13.8 Å². The van der Waals surface area contributed by atoms with E-state index in [2.05, 4.69) is 13.8 Å². The largest absolute Gasteiger partial charge is 0.425 e. The summed E-state index contributed by atoms with van der Waals surface area (Å²) in [6.45, 7) is 9.01. The highest BCUT2D eigenvalue weighted by Crippen LogP contribution is 2.70. The Morgan fingerprint density at radius 1 is 1.38 bits per heavy atom. The molecule has 2 aliphatic heterocycles. The molecule has 2 heterocycles. The molecule has 116 valence electrons. The Bertz CT molecular complexity index is 553. The molecule has 4 heteroatoms. The van der Waals surface area contributed by atoms with E-state index in [0.29, 0.717) is 25.0 Å². The van der Waals surface area contributed by atoms with Crippen LogP contribution < -0.4 is 0 Å². The van der Waals surface area contributed by atoms with Crippen LogP contribution in [0.3, 0.4) is 0 Å². The van der Waals surface area contributed by atoms with Crippen LogP contribution in [0, 0.1) is 11.3 Å². The number of hydrogen-bond donors (Lipinski definition) is 0. The van der Waals surface area contributed by atoms with Crippen LogP contribution >= 0.6 is 0 Å². The summed E-state index contributed by atoms with van der Waals surface area (Å²) in [5, 5.41) is 0. The lowest BCUT2D eigenvalue weighted by Gasteiger charge is -2.52. The van der Waals surface area contributed by atoms with Crippen molar-refractivity contribution in [2.24, 2.45) is 11.3 Å². The van der Waals surface area contributed by atoms with E-state index in [-0.39, 0.29) is 17.0 Å². The molecule has 0 radical (unpaired) electrons. The molecule has 4 nitrogen and oxygen atoms in total. The number of fused-ring (bicyclic) bond motifs is 1. The molecular formula is C17H24O4. The lowest BCUT2D eigenvalue weighted by atomic mass is 9.53. The molecule has 21 heavy (non-hydrogen) atoms. The molecule has 3 fully saturated rings. The predicted molar refractivity (Wildman–Crippen MR) is 76.5 cm³/mol. The van der Waals surface area contributed by atoms with Crippen molar-refractivity contribution < 1.29 is 19.0 Å². The van der Waals surface area contributed by atoms with Crippen molar-refractivity contribution in [3.05, 3.63) is 11.1 Å². The molecule has 0 amide bonds. The van der Waals surface area contributed by atoms with Crippen LogP contribution in [0.4, 0.5) is 0 Å². The Labute approximate surface area is 125 Å². The van der Waals surface area contributed by atoms with E-state index >= 15 is 0 Å². The maximum Gasteiger partial charge on any atom is 0.336 e. The Morgan fingerprint density at radius 2 is 2.14 bits per heavy atom. The number of hydrogen-bond acceptors (Lipinski definition) is 4. The van der Waals surface area contributed by atoms with Crippen LogP contribution in [0.2, 0.25) is 0 Å². The molecule has 4 rings (SSSR count). The second kappa shape index (κ2) is 3.90. The SMILES string of the molecule is CCOC12CC34OC3CCC(C)C4(C)CC1=C(C)C(=O)O2. The molecule has 0 aromatic carbocycles. The van der Waals surface area contributed by atoms with Crippen LogP contribution in [0.15, 0.2) is 11.1 Å². The van der Waals surface area contributed by atoms with Crippen LogP contribution in [0.5, 0.6) is 0 Å². The minimum Gasteiger partial charge on any atom is -0.425 e. The lowest BCUT2D eigenvalue weighted by molar-refractivity contribution is -0.226. The number of carbonyl (C=O) groups is 1. The highest BCUT2D eigenvalue weighted by molar-refractivity contribution is 5.92. The normalized spacial score (nSPS) is 51.1. The van der Waals surface area contributed by atoms with Crippen LogP contribution in [-0.2, 0) is 19.0 Å². The molecule has 1 spiro atoms. The van der Waals surface area contributed by atoms with E-state index in [1.807, 2.05) is 13.8 Å². The summed E-state index contributed by atoms with van der Waals surface area (Å²) >= 11 is 0. The number of epoxide rings is 1. The highest BCUT2D eigenvalue weighted by atomic mass is 16.7. The van der Waals surface area contributed by atoms with E-state index in [1.165, 1.54) is 6.42 Å². The fraction of sp³-hybridized carbons (Fsp3) is 0.824. The maximum atomic E-state index is 12.1. The molecule has 5 atom stereocenters. The average molecular weight is 292 g/mol. The van der Waals surface area contributed by atoms with Crippen molar-refractivity contribution in [2.75, 3.05) is 6.61 Å². The van der Waals surface area contributed by atoms with Crippen molar-refractivity contribution >= 4 is 5.97 Å². The summed E-state index contributed by atoms with van der Waals surface area (Å²) in [5.74, 6) is -0.491. The van der Waals surface area contributed by atoms with Crippen molar-refractivity contribution in [3.8, 4) is 0 Å². The van der Waals surface area contributed by atoms with Gasteiger partial charge >= 0.3 is 5.97 Å². The summed E-state index contributed by atoms with van der Waals surface area (Å²) in [4.78, 5) is 12.1. The van der Waals surface area contributed by atoms with Crippen molar-refractivity contribution in [3.63, 3.8) is 0 Å². The standard InChI is InChI=1S/C17H24O4/c1-5-19-17-9-16-13(20-16)7-6-10(2)15(16,4)8-12(17)11(3)14(18)21-17/h10,13H,5-9H2,1-4H3. The second-order valence-corrected chi connectivity index (χ2v) is 7.42. The summed E-state index contributed by atoms with van der Waals surface area (Å²) in [6.07, 6.45) is 4.15. The molecule has 5 unspecified atom stereocenters. The third-order valence-electron chi connectivity index (χ3n) is 6.62. The molecule has 0 bridgehead atoms. The van der Waals surface area contributed by atoms with Gasteiger partial charge in [0.1, 0.15) is 5.60 Å². The highest BCUT2D eigenvalue weighted by Gasteiger charge is 2.76. The first kappa shape index (κ1) is 13.8. The van der Waals surface area contributed by atoms with Gasteiger partial charge in [0, 0.05) is 29.6 Å². The van der Waals surface area contributed by atoms with Gasteiger partial charge in [-0.15, -0.1) is 0 Å². The molecule has 2 aliphatic carbocycles. The van der Waals surface area contributed by atoms with Crippen LogP contribution in [0.25, 0.3) is 0 Å². The van der Waals surface area contributed by atoms with Crippen LogP contribution in [0.1, 0.15) is 53.4 Å². The number of rotatable bonds is 2. The molecule has 0 aromatic heterocycles. The molecule has 2 saturated carbocycles. The quantitative estimate of drug-likeness (QED) is 0.580. The molecular weight excluding hydrogens is 268 g/mol. The third-order valence-corrected chi connectivity index (χ3v) is 6.62. The Hall–Kier alpha value is -0.870. The smallest absolute Gasteiger partial charge is 0.336 e. The Kier molecular flexibility index (Phi) is 2.56. The molecule has 0 N–H and O–H groups in total. The maximum absolute atomic E-state index is 12.1. The number of esters is 1. The Balaban J connectivity index is 1.82. The average Bonchev–Trinajstić information content (AvgIpc) is 3.08. The zero-order valence-electron chi connectivity index (χ0n) is 13.3. The lowest BCUT2D eigenvalue weighted by Crippen LogP contribution is -2.57. The third kappa shape index (κ3) is 1.45.